The average molecular weight is 379 g/mol. The van der Waals surface area contributed by atoms with Crippen molar-refractivity contribution in [3.05, 3.63) is 58.2 Å². The van der Waals surface area contributed by atoms with E-state index in [0.717, 1.165) is 12.5 Å². The number of rotatable bonds is 3. The highest BCUT2D eigenvalue weighted by Crippen LogP contribution is 2.35. The van der Waals surface area contributed by atoms with Crippen LogP contribution in [0.25, 0.3) is 22.3 Å². The molecule has 26 heavy (non-hydrogen) atoms. The maximum atomic E-state index is 14.2. The molecule has 3 nitrogen and oxygen atoms in total. The van der Waals surface area contributed by atoms with Gasteiger partial charge in [0.2, 0.25) is 0 Å². The monoisotopic (exact) mass is 379 g/mol. The lowest BCUT2D eigenvalue weighted by Gasteiger charge is -2.09. The van der Waals surface area contributed by atoms with Gasteiger partial charge in [-0.05, 0) is 30.7 Å². The summed E-state index contributed by atoms with van der Waals surface area (Å²) in [6.07, 6.45) is -2.08. The molecule has 0 spiro atoms. The van der Waals surface area contributed by atoms with Gasteiger partial charge in [0.25, 0.3) is 0 Å². The van der Waals surface area contributed by atoms with Gasteiger partial charge in [-0.3, -0.25) is 4.98 Å². The molecule has 3 rings (SSSR count). The number of nitrogens with zero attached hydrogens (tertiary/aromatic N) is 3. The first-order valence-corrected chi connectivity index (χ1v) is 8.25. The molecule has 0 saturated heterocycles. The number of benzene rings is 1. The summed E-state index contributed by atoms with van der Waals surface area (Å²) in [6, 6.07) is 6.53. The van der Waals surface area contributed by atoms with E-state index < -0.39 is 17.6 Å². The van der Waals surface area contributed by atoms with Crippen LogP contribution in [0.5, 0.6) is 0 Å². The van der Waals surface area contributed by atoms with E-state index in [1.807, 2.05) is 6.92 Å². The predicted octanol–water partition coefficient (Wildman–Crippen LogP) is 5.53. The number of hydrogen-bond acceptors (Lipinski definition) is 4. The van der Waals surface area contributed by atoms with Crippen molar-refractivity contribution in [2.45, 2.75) is 25.9 Å². The highest BCUT2D eigenvalue weighted by atomic mass is 32.1. The van der Waals surface area contributed by atoms with Crippen LogP contribution in [0.3, 0.4) is 0 Å². The second kappa shape index (κ2) is 7.03. The SMILES string of the molecule is CCCc1nc(-c2ccccn2)c2cc(F)c(C(F)(F)F)cc2nc1=S. The minimum Gasteiger partial charge on any atom is -0.255 e. The van der Waals surface area contributed by atoms with E-state index in [9.17, 15) is 17.6 Å². The number of fused-ring (bicyclic) bond motifs is 1. The fraction of sp³-hybridized carbons (Fsp3) is 0.222. The van der Waals surface area contributed by atoms with Crippen LogP contribution < -0.4 is 0 Å². The standard InChI is InChI=1S/C18H13F4N3S/c1-2-5-14-17(26)25-15-9-11(18(20,21)22)12(19)8-10(15)16(24-14)13-6-3-4-7-23-13/h3-4,6-9H,2,5H2,1H3. The van der Waals surface area contributed by atoms with Crippen LogP contribution in [0, 0.1) is 10.5 Å². The fourth-order valence-corrected chi connectivity index (χ4v) is 2.82. The molecule has 0 radical (unpaired) electrons. The molecule has 8 heteroatoms. The van der Waals surface area contributed by atoms with E-state index in [2.05, 4.69) is 15.0 Å². The van der Waals surface area contributed by atoms with Crippen molar-refractivity contribution < 1.29 is 17.6 Å². The third kappa shape index (κ3) is 3.55. The summed E-state index contributed by atoms with van der Waals surface area (Å²) in [5.74, 6) is -1.39. The van der Waals surface area contributed by atoms with Gasteiger partial charge in [-0.25, -0.2) is 14.4 Å². The number of hydrogen-bond donors (Lipinski definition) is 0. The van der Waals surface area contributed by atoms with Crippen molar-refractivity contribution >= 4 is 23.1 Å². The second-order valence-electron chi connectivity index (χ2n) is 5.64. The molecule has 0 bridgehead atoms. The van der Waals surface area contributed by atoms with Gasteiger partial charge in [-0.2, -0.15) is 13.2 Å². The Morgan fingerprint density at radius 2 is 1.88 bits per heavy atom. The summed E-state index contributed by atoms with van der Waals surface area (Å²) in [5.41, 5.74) is -0.337. The van der Waals surface area contributed by atoms with E-state index in [0.29, 0.717) is 23.9 Å². The van der Waals surface area contributed by atoms with Crippen LogP contribution in [0.4, 0.5) is 17.6 Å². The highest BCUT2D eigenvalue weighted by molar-refractivity contribution is 7.71. The third-order valence-corrected chi connectivity index (χ3v) is 4.08. The highest BCUT2D eigenvalue weighted by Gasteiger charge is 2.34. The Bertz CT molecular complexity index is 1020. The Kier molecular flexibility index (Phi) is 4.95. The zero-order valence-corrected chi connectivity index (χ0v) is 14.5. The number of aromatic nitrogens is 3. The maximum Gasteiger partial charge on any atom is 0.419 e. The molecule has 1 aromatic carbocycles. The Hall–Kier alpha value is -2.48. The normalized spacial score (nSPS) is 11.7. The molecular weight excluding hydrogens is 366 g/mol. The van der Waals surface area contributed by atoms with Gasteiger partial charge in [0.15, 0.2) is 0 Å². The molecule has 2 heterocycles. The van der Waals surface area contributed by atoms with Crippen molar-refractivity contribution in [3.63, 3.8) is 0 Å². The first-order chi connectivity index (χ1) is 12.3. The summed E-state index contributed by atoms with van der Waals surface area (Å²) in [7, 11) is 0. The molecule has 134 valence electrons. The molecule has 0 unspecified atom stereocenters. The number of pyridine rings is 1. The molecule has 2 aromatic heterocycles. The molecular formula is C18H13F4N3S. The van der Waals surface area contributed by atoms with Crippen LogP contribution in [0.2, 0.25) is 0 Å². The lowest BCUT2D eigenvalue weighted by Crippen LogP contribution is -2.08. The Morgan fingerprint density at radius 1 is 1.12 bits per heavy atom. The van der Waals surface area contributed by atoms with Gasteiger partial charge < -0.3 is 0 Å². The summed E-state index contributed by atoms with van der Waals surface area (Å²) in [6.45, 7) is 1.92. The Balaban J connectivity index is 2.45. The Labute approximate surface area is 151 Å². The number of aryl methyl sites for hydroxylation is 1. The van der Waals surface area contributed by atoms with Crippen molar-refractivity contribution in [1.82, 2.24) is 15.0 Å². The topological polar surface area (TPSA) is 38.7 Å². The molecule has 0 aliphatic heterocycles. The molecule has 0 atom stereocenters. The van der Waals surface area contributed by atoms with Crippen molar-refractivity contribution in [2.75, 3.05) is 0 Å². The van der Waals surface area contributed by atoms with E-state index in [1.165, 1.54) is 6.20 Å². The molecule has 0 N–H and O–H groups in total. The molecule has 0 amide bonds. The Morgan fingerprint density at radius 3 is 2.50 bits per heavy atom. The average Bonchev–Trinajstić information content (AvgIpc) is 2.72. The van der Waals surface area contributed by atoms with Crippen LogP contribution in [-0.4, -0.2) is 15.0 Å². The second-order valence-corrected chi connectivity index (χ2v) is 6.02. The van der Waals surface area contributed by atoms with E-state index in [4.69, 9.17) is 12.2 Å². The summed E-state index contributed by atoms with van der Waals surface area (Å²) in [5, 5.41) is 0.127. The lowest BCUT2D eigenvalue weighted by molar-refractivity contribution is -0.139. The van der Waals surface area contributed by atoms with Gasteiger partial charge in [-0.1, -0.05) is 31.6 Å². The fourth-order valence-electron chi connectivity index (χ4n) is 2.58. The zero-order chi connectivity index (χ0) is 18.9. The smallest absolute Gasteiger partial charge is 0.255 e. The largest absolute Gasteiger partial charge is 0.419 e. The predicted molar refractivity (Wildman–Crippen MR) is 92.6 cm³/mol. The summed E-state index contributed by atoms with van der Waals surface area (Å²) < 4.78 is 53.5. The van der Waals surface area contributed by atoms with Crippen molar-refractivity contribution in [2.24, 2.45) is 0 Å². The van der Waals surface area contributed by atoms with Crippen LogP contribution in [0.15, 0.2) is 36.5 Å². The third-order valence-electron chi connectivity index (χ3n) is 3.76. The maximum absolute atomic E-state index is 14.2. The molecule has 3 aromatic rings. The summed E-state index contributed by atoms with van der Waals surface area (Å²) in [4.78, 5) is 12.8. The quantitative estimate of drug-likeness (QED) is 0.443. The molecule has 0 saturated carbocycles. The van der Waals surface area contributed by atoms with E-state index >= 15 is 0 Å². The number of alkyl halides is 3. The van der Waals surface area contributed by atoms with Crippen LogP contribution >= 0.6 is 12.2 Å². The summed E-state index contributed by atoms with van der Waals surface area (Å²) >= 11 is 5.22. The molecule has 0 fully saturated rings. The van der Waals surface area contributed by atoms with Crippen LogP contribution in [-0.2, 0) is 12.6 Å². The first kappa shape index (κ1) is 18.3. The van der Waals surface area contributed by atoms with Crippen molar-refractivity contribution in [1.29, 1.82) is 0 Å². The van der Waals surface area contributed by atoms with Gasteiger partial charge in [-0.15, -0.1) is 0 Å². The first-order valence-electron chi connectivity index (χ1n) is 7.84. The van der Waals surface area contributed by atoms with Crippen LogP contribution in [0.1, 0.15) is 24.6 Å². The minimum absolute atomic E-state index is 0.0702. The van der Waals surface area contributed by atoms with Gasteiger partial charge in [0.05, 0.1) is 28.2 Å². The van der Waals surface area contributed by atoms with Gasteiger partial charge in [0, 0.05) is 11.6 Å². The zero-order valence-electron chi connectivity index (χ0n) is 13.6. The molecule has 0 aliphatic carbocycles. The van der Waals surface area contributed by atoms with E-state index in [-0.39, 0.29) is 21.2 Å². The van der Waals surface area contributed by atoms with Gasteiger partial charge in [0.1, 0.15) is 10.5 Å². The minimum atomic E-state index is -4.83. The van der Waals surface area contributed by atoms with Gasteiger partial charge >= 0.3 is 6.18 Å². The lowest BCUT2D eigenvalue weighted by atomic mass is 10.1. The number of halogens is 4. The van der Waals surface area contributed by atoms with E-state index in [1.54, 1.807) is 18.2 Å². The van der Waals surface area contributed by atoms with Crippen molar-refractivity contribution in [3.8, 4) is 11.4 Å². The molecule has 0 aliphatic rings.